The molecule has 0 atom stereocenters. The molecule has 0 heterocycles. The third-order valence-electron chi connectivity index (χ3n) is 2.98. The van der Waals surface area contributed by atoms with Crippen LogP contribution in [-0.4, -0.2) is 0 Å². The van der Waals surface area contributed by atoms with E-state index in [-0.39, 0.29) is 0 Å². The fourth-order valence-electron chi connectivity index (χ4n) is 2.18. The Labute approximate surface area is 109 Å². The quantitative estimate of drug-likeness (QED) is 0.661. The lowest BCUT2D eigenvalue weighted by atomic mass is 9.92. The van der Waals surface area contributed by atoms with E-state index in [9.17, 15) is 0 Å². The smallest absolute Gasteiger partial charge is 0.00911 e. The zero-order chi connectivity index (χ0) is 12.8. The molecule has 2 aromatic carbocycles. The predicted octanol–water partition coefficient (Wildman–Crippen LogP) is 4.61. The molecule has 0 nitrogen and oxygen atoms in total. The maximum absolute atomic E-state index is 3.86. The van der Waals surface area contributed by atoms with Crippen molar-refractivity contribution in [2.24, 2.45) is 0 Å². The summed E-state index contributed by atoms with van der Waals surface area (Å²) in [6.07, 6.45) is 5.67. The lowest BCUT2D eigenvalue weighted by Crippen LogP contribution is -1.95. The Hall–Kier alpha value is -2.08. The Kier molecular flexibility index (Phi) is 4.14. The fourth-order valence-corrected chi connectivity index (χ4v) is 2.18. The highest BCUT2D eigenvalue weighted by Gasteiger charge is 2.07. The molecule has 18 heavy (non-hydrogen) atoms. The molecule has 0 aliphatic heterocycles. The van der Waals surface area contributed by atoms with Gasteiger partial charge in [-0.15, -0.1) is 13.2 Å². The molecule has 0 saturated heterocycles. The van der Waals surface area contributed by atoms with E-state index in [4.69, 9.17) is 0 Å². The second-order valence-corrected chi connectivity index (χ2v) is 4.21. The summed E-state index contributed by atoms with van der Waals surface area (Å²) in [5.74, 6) is 0. The van der Waals surface area contributed by atoms with Gasteiger partial charge >= 0.3 is 0 Å². The van der Waals surface area contributed by atoms with Gasteiger partial charge in [-0.2, -0.15) is 0 Å². The van der Waals surface area contributed by atoms with Gasteiger partial charge in [-0.3, -0.25) is 0 Å². The first-order valence-corrected chi connectivity index (χ1v) is 6.16. The molecule has 1 radical (unpaired) electrons. The molecule has 2 aromatic rings. The van der Waals surface area contributed by atoms with E-state index in [1.54, 1.807) is 0 Å². The normalized spacial score (nSPS) is 10.0. The minimum absolute atomic E-state index is 0.877. The standard InChI is InChI=1S/C18H17/c1-3-9-15-13-8-14-18(17(15)10-4-2)16-11-6-5-7-12-16/h3-8,11,13-14H,1-2,9-10H2. The highest BCUT2D eigenvalue weighted by molar-refractivity contribution is 5.68. The molecule has 0 aliphatic rings. The summed E-state index contributed by atoms with van der Waals surface area (Å²) in [6, 6.07) is 17.8. The molecule has 0 saturated carbocycles. The van der Waals surface area contributed by atoms with Crippen molar-refractivity contribution in [2.75, 3.05) is 0 Å². The van der Waals surface area contributed by atoms with Gasteiger partial charge in [-0.1, -0.05) is 54.6 Å². The van der Waals surface area contributed by atoms with Crippen LogP contribution < -0.4 is 0 Å². The molecule has 0 aliphatic carbocycles. The number of rotatable bonds is 5. The Balaban J connectivity index is 2.55. The Morgan fingerprint density at radius 3 is 2.44 bits per heavy atom. The Bertz CT molecular complexity index is 535. The van der Waals surface area contributed by atoms with Gasteiger partial charge in [0.2, 0.25) is 0 Å². The van der Waals surface area contributed by atoms with Crippen molar-refractivity contribution in [3.63, 3.8) is 0 Å². The monoisotopic (exact) mass is 233 g/mol. The van der Waals surface area contributed by atoms with E-state index in [0.29, 0.717) is 0 Å². The first-order chi connectivity index (χ1) is 8.86. The summed E-state index contributed by atoms with van der Waals surface area (Å²) in [7, 11) is 0. The van der Waals surface area contributed by atoms with Crippen LogP contribution in [0.4, 0.5) is 0 Å². The van der Waals surface area contributed by atoms with E-state index < -0.39 is 0 Å². The first kappa shape index (κ1) is 12.4. The first-order valence-electron chi connectivity index (χ1n) is 6.16. The number of hydrogen-bond donors (Lipinski definition) is 0. The summed E-state index contributed by atoms with van der Waals surface area (Å²) in [5.41, 5.74) is 5.03. The van der Waals surface area contributed by atoms with Crippen molar-refractivity contribution in [3.05, 3.63) is 85.0 Å². The topological polar surface area (TPSA) is 0 Å². The van der Waals surface area contributed by atoms with Crippen LogP contribution in [0, 0.1) is 6.07 Å². The van der Waals surface area contributed by atoms with E-state index in [1.165, 1.54) is 16.7 Å². The van der Waals surface area contributed by atoms with Crippen LogP contribution in [0.1, 0.15) is 11.1 Å². The average Bonchev–Trinajstić information content (AvgIpc) is 2.42. The van der Waals surface area contributed by atoms with Crippen LogP contribution in [0.25, 0.3) is 11.1 Å². The van der Waals surface area contributed by atoms with Crippen molar-refractivity contribution in [1.82, 2.24) is 0 Å². The fraction of sp³-hybridized carbons (Fsp3) is 0.111. The minimum atomic E-state index is 0.877. The van der Waals surface area contributed by atoms with Crippen molar-refractivity contribution < 1.29 is 0 Å². The zero-order valence-corrected chi connectivity index (χ0v) is 10.5. The van der Waals surface area contributed by atoms with Crippen molar-refractivity contribution in [3.8, 4) is 11.1 Å². The van der Waals surface area contributed by atoms with Gasteiger partial charge in [-0.25, -0.2) is 0 Å². The number of allylic oxidation sites excluding steroid dienone is 2. The molecule has 0 bridgehead atoms. The van der Waals surface area contributed by atoms with E-state index >= 15 is 0 Å². The molecule has 0 N–H and O–H groups in total. The van der Waals surface area contributed by atoms with Gasteiger partial charge in [0.25, 0.3) is 0 Å². The van der Waals surface area contributed by atoms with Crippen molar-refractivity contribution in [1.29, 1.82) is 0 Å². The third kappa shape index (κ3) is 2.60. The molecule has 2 rings (SSSR count). The molecular weight excluding hydrogens is 216 g/mol. The molecule has 0 fully saturated rings. The summed E-state index contributed by atoms with van der Waals surface area (Å²) in [6.45, 7) is 7.68. The van der Waals surface area contributed by atoms with Crippen LogP contribution in [0.5, 0.6) is 0 Å². The SMILES string of the molecule is C=CCc1cccc(-c2[c]cccc2)c1CC=C. The molecule has 0 heteroatoms. The number of hydrogen-bond acceptors (Lipinski definition) is 0. The van der Waals surface area contributed by atoms with Crippen molar-refractivity contribution >= 4 is 0 Å². The summed E-state index contributed by atoms with van der Waals surface area (Å²) >= 11 is 0. The molecule has 0 unspecified atom stereocenters. The van der Waals surface area contributed by atoms with Crippen LogP contribution in [0.15, 0.2) is 67.8 Å². The van der Waals surface area contributed by atoms with Gasteiger partial charge in [0, 0.05) is 0 Å². The summed E-state index contributed by atoms with van der Waals surface area (Å²) in [5, 5.41) is 0. The van der Waals surface area contributed by atoms with Crippen LogP contribution in [-0.2, 0) is 12.8 Å². The van der Waals surface area contributed by atoms with E-state index in [2.05, 4.69) is 43.5 Å². The highest BCUT2D eigenvalue weighted by atomic mass is 14.1. The highest BCUT2D eigenvalue weighted by Crippen LogP contribution is 2.27. The average molecular weight is 233 g/mol. The zero-order valence-electron chi connectivity index (χ0n) is 10.5. The lowest BCUT2D eigenvalue weighted by Gasteiger charge is -2.12. The van der Waals surface area contributed by atoms with Gasteiger partial charge in [0.05, 0.1) is 0 Å². The molecule has 0 aromatic heterocycles. The Morgan fingerprint density at radius 1 is 0.944 bits per heavy atom. The minimum Gasteiger partial charge on any atom is -0.103 e. The molecule has 89 valence electrons. The maximum atomic E-state index is 3.86. The van der Waals surface area contributed by atoms with Crippen LogP contribution in [0.2, 0.25) is 0 Å². The largest absolute Gasteiger partial charge is 0.103 e. The van der Waals surface area contributed by atoms with E-state index in [0.717, 1.165) is 18.4 Å². The summed E-state index contributed by atoms with van der Waals surface area (Å²) < 4.78 is 0. The summed E-state index contributed by atoms with van der Waals surface area (Å²) in [4.78, 5) is 0. The van der Waals surface area contributed by atoms with Gasteiger partial charge < -0.3 is 0 Å². The number of benzene rings is 2. The van der Waals surface area contributed by atoms with Crippen LogP contribution >= 0.6 is 0 Å². The van der Waals surface area contributed by atoms with Gasteiger partial charge in [-0.05, 0) is 41.2 Å². The van der Waals surface area contributed by atoms with Crippen LogP contribution in [0.3, 0.4) is 0 Å². The predicted molar refractivity (Wildman–Crippen MR) is 78.5 cm³/mol. The molecular formula is C18H17. The third-order valence-corrected chi connectivity index (χ3v) is 2.98. The lowest BCUT2D eigenvalue weighted by molar-refractivity contribution is 1.16. The maximum Gasteiger partial charge on any atom is -0.00911 e. The van der Waals surface area contributed by atoms with E-state index in [1.807, 2.05) is 30.4 Å². The second kappa shape index (κ2) is 6.02. The van der Waals surface area contributed by atoms with Gasteiger partial charge in [0.1, 0.15) is 0 Å². The molecule has 0 amide bonds. The molecule has 0 spiro atoms. The second-order valence-electron chi connectivity index (χ2n) is 4.21. The van der Waals surface area contributed by atoms with Gasteiger partial charge in [0.15, 0.2) is 0 Å². The van der Waals surface area contributed by atoms with Crippen molar-refractivity contribution in [2.45, 2.75) is 12.8 Å². The Morgan fingerprint density at radius 2 is 1.78 bits per heavy atom.